The van der Waals surface area contributed by atoms with Gasteiger partial charge >= 0.3 is 0 Å². The van der Waals surface area contributed by atoms with E-state index in [2.05, 4.69) is 10.3 Å². The molecular formula is C22H18FN3O2S. The number of carbonyl (C=O) groups is 2. The number of aliphatic imine (C=N–C) groups is 1. The molecular weight excluding hydrogens is 389 g/mol. The third-order valence-corrected chi connectivity index (χ3v) is 5.86. The van der Waals surface area contributed by atoms with Crippen molar-refractivity contribution in [2.45, 2.75) is 11.7 Å². The van der Waals surface area contributed by atoms with Crippen LogP contribution in [0.1, 0.15) is 6.42 Å². The molecule has 1 fully saturated rings. The maximum Gasteiger partial charge on any atom is 0.242 e. The van der Waals surface area contributed by atoms with Crippen LogP contribution in [0.15, 0.2) is 71.7 Å². The quantitative estimate of drug-likeness (QED) is 0.689. The van der Waals surface area contributed by atoms with Gasteiger partial charge in [-0.25, -0.2) is 9.38 Å². The maximum absolute atomic E-state index is 13.1. The van der Waals surface area contributed by atoms with Crippen molar-refractivity contribution in [1.29, 1.82) is 0 Å². The molecule has 1 saturated heterocycles. The molecule has 7 heteroatoms. The molecule has 3 aromatic rings. The summed E-state index contributed by atoms with van der Waals surface area (Å²) in [5, 5.41) is 4.84. The van der Waals surface area contributed by atoms with Crippen molar-refractivity contribution in [3.8, 4) is 0 Å². The largest absolute Gasteiger partial charge is 0.325 e. The molecule has 3 aromatic carbocycles. The average molecular weight is 407 g/mol. The van der Waals surface area contributed by atoms with Gasteiger partial charge in [0.1, 0.15) is 11.1 Å². The topological polar surface area (TPSA) is 61.8 Å². The summed E-state index contributed by atoms with van der Waals surface area (Å²) in [7, 11) is 1.63. The fraction of sp³-hybridized carbons (Fsp3) is 0.136. The van der Waals surface area contributed by atoms with Gasteiger partial charge < -0.3 is 5.32 Å². The van der Waals surface area contributed by atoms with Crippen LogP contribution in [0.25, 0.3) is 10.8 Å². The average Bonchev–Trinajstić information content (AvgIpc) is 2.98. The van der Waals surface area contributed by atoms with Crippen LogP contribution >= 0.6 is 11.8 Å². The SMILES string of the molecule is CN1C(=O)[C@H](CC(=O)Nc2cccc3ccccc23)SC1=Nc1ccc(F)cc1. The Morgan fingerprint density at radius 1 is 1.10 bits per heavy atom. The van der Waals surface area contributed by atoms with Gasteiger partial charge in [0.05, 0.1) is 5.69 Å². The number of benzene rings is 3. The summed E-state index contributed by atoms with van der Waals surface area (Å²) in [6.45, 7) is 0. The summed E-state index contributed by atoms with van der Waals surface area (Å²) in [5.74, 6) is -0.756. The zero-order valence-electron chi connectivity index (χ0n) is 15.6. The van der Waals surface area contributed by atoms with Crippen LogP contribution in [0.4, 0.5) is 15.8 Å². The van der Waals surface area contributed by atoms with Crippen molar-refractivity contribution in [2.24, 2.45) is 4.99 Å². The highest BCUT2D eigenvalue weighted by Gasteiger charge is 2.37. The third kappa shape index (κ3) is 4.14. The molecule has 1 atom stereocenters. The predicted octanol–water partition coefficient (Wildman–Crippen LogP) is 4.57. The van der Waals surface area contributed by atoms with Crippen molar-refractivity contribution in [2.75, 3.05) is 12.4 Å². The molecule has 0 aromatic heterocycles. The molecule has 0 radical (unpaired) electrons. The van der Waals surface area contributed by atoms with E-state index in [4.69, 9.17) is 0 Å². The van der Waals surface area contributed by atoms with Gasteiger partial charge in [-0.05, 0) is 35.7 Å². The minimum atomic E-state index is -0.547. The van der Waals surface area contributed by atoms with Gasteiger partial charge in [-0.2, -0.15) is 0 Å². The molecule has 29 heavy (non-hydrogen) atoms. The number of hydrogen-bond donors (Lipinski definition) is 1. The highest BCUT2D eigenvalue weighted by molar-refractivity contribution is 8.15. The molecule has 0 saturated carbocycles. The molecule has 146 valence electrons. The number of amides is 2. The monoisotopic (exact) mass is 407 g/mol. The molecule has 1 N–H and O–H groups in total. The molecule has 1 aliphatic rings. The lowest BCUT2D eigenvalue weighted by atomic mass is 10.1. The number of thioether (sulfide) groups is 1. The predicted molar refractivity (Wildman–Crippen MR) is 115 cm³/mol. The van der Waals surface area contributed by atoms with Gasteiger partial charge in [0.15, 0.2) is 5.17 Å². The summed E-state index contributed by atoms with van der Waals surface area (Å²) >= 11 is 1.24. The summed E-state index contributed by atoms with van der Waals surface area (Å²) in [6, 6.07) is 19.2. The molecule has 0 bridgehead atoms. The number of halogens is 1. The summed E-state index contributed by atoms with van der Waals surface area (Å²) in [5.41, 5.74) is 1.27. The van der Waals surface area contributed by atoms with Crippen molar-refractivity contribution >= 4 is 50.9 Å². The zero-order valence-corrected chi connectivity index (χ0v) is 16.4. The van der Waals surface area contributed by atoms with E-state index in [0.29, 0.717) is 10.9 Å². The van der Waals surface area contributed by atoms with Gasteiger partial charge in [-0.1, -0.05) is 48.2 Å². The van der Waals surface area contributed by atoms with Crippen molar-refractivity contribution in [3.05, 3.63) is 72.5 Å². The number of nitrogens with zero attached hydrogens (tertiary/aromatic N) is 2. The Labute approximate surface area is 171 Å². The second kappa shape index (κ2) is 8.05. The lowest BCUT2D eigenvalue weighted by Crippen LogP contribution is -2.30. The highest BCUT2D eigenvalue weighted by Crippen LogP contribution is 2.31. The highest BCUT2D eigenvalue weighted by atomic mass is 32.2. The van der Waals surface area contributed by atoms with Crippen molar-refractivity contribution < 1.29 is 14.0 Å². The number of amidine groups is 1. The fourth-order valence-corrected chi connectivity index (χ4v) is 4.28. The first kappa shape index (κ1) is 19.1. The second-order valence-corrected chi connectivity index (χ2v) is 7.82. The minimum Gasteiger partial charge on any atom is -0.325 e. The molecule has 1 heterocycles. The maximum atomic E-state index is 13.1. The van der Waals surface area contributed by atoms with Crippen LogP contribution in [0.5, 0.6) is 0 Å². The van der Waals surface area contributed by atoms with Crippen LogP contribution < -0.4 is 5.32 Å². The Hall–Kier alpha value is -3.19. The number of carbonyl (C=O) groups excluding carboxylic acids is 2. The van der Waals surface area contributed by atoms with E-state index in [0.717, 1.165) is 16.5 Å². The molecule has 0 spiro atoms. The van der Waals surface area contributed by atoms with Crippen LogP contribution in [-0.2, 0) is 9.59 Å². The Kier molecular flexibility index (Phi) is 5.31. The first-order valence-corrected chi connectivity index (χ1v) is 9.95. The summed E-state index contributed by atoms with van der Waals surface area (Å²) in [4.78, 5) is 31.0. The lowest BCUT2D eigenvalue weighted by Gasteiger charge is -2.11. The van der Waals surface area contributed by atoms with E-state index in [9.17, 15) is 14.0 Å². The number of fused-ring (bicyclic) bond motifs is 1. The zero-order chi connectivity index (χ0) is 20.4. The number of rotatable bonds is 4. The molecule has 2 amide bonds. The number of hydrogen-bond acceptors (Lipinski definition) is 4. The lowest BCUT2D eigenvalue weighted by molar-refractivity contribution is -0.127. The van der Waals surface area contributed by atoms with Gasteiger partial charge in [0.25, 0.3) is 0 Å². The molecule has 0 unspecified atom stereocenters. The second-order valence-electron chi connectivity index (χ2n) is 6.65. The van der Waals surface area contributed by atoms with Gasteiger partial charge in [0.2, 0.25) is 11.8 Å². The van der Waals surface area contributed by atoms with Gasteiger partial charge in [-0.3, -0.25) is 14.5 Å². The standard InChI is InChI=1S/C22H18FN3O2S/c1-26-21(28)19(29-22(26)24-16-11-9-15(23)10-12-16)13-20(27)25-18-8-4-6-14-5-2-3-7-17(14)18/h2-12,19H,13H2,1H3,(H,25,27)/t19-/m0/s1. The van der Waals surface area contributed by atoms with Crippen molar-refractivity contribution in [3.63, 3.8) is 0 Å². The van der Waals surface area contributed by atoms with Crippen LogP contribution in [0.2, 0.25) is 0 Å². The molecule has 1 aliphatic heterocycles. The smallest absolute Gasteiger partial charge is 0.242 e. The molecule has 4 rings (SSSR count). The van der Waals surface area contributed by atoms with E-state index >= 15 is 0 Å². The van der Waals surface area contributed by atoms with E-state index < -0.39 is 5.25 Å². The van der Waals surface area contributed by atoms with Crippen LogP contribution in [0.3, 0.4) is 0 Å². The Bertz CT molecular complexity index is 1110. The first-order valence-electron chi connectivity index (χ1n) is 9.07. The summed E-state index contributed by atoms with van der Waals surface area (Å²) < 4.78 is 13.1. The first-order chi connectivity index (χ1) is 14.0. The van der Waals surface area contributed by atoms with E-state index in [1.165, 1.54) is 28.8 Å². The van der Waals surface area contributed by atoms with E-state index in [1.807, 2.05) is 42.5 Å². The Morgan fingerprint density at radius 2 is 1.83 bits per heavy atom. The van der Waals surface area contributed by atoms with Crippen LogP contribution in [-0.4, -0.2) is 34.2 Å². The van der Waals surface area contributed by atoms with E-state index in [-0.39, 0.29) is 24.1 Å². The van der Waals surface area contributed by atoms with Gasteiger partial charge in [-0.15, -0.1) is 0 Å². The van der Waals surface area contributed by atoms with Crippen molar-refractivity contribution in [1.82, 2.24) is 4.90 Å². The normalized spacial score (nSPS) is 17.9. The van der Waals surface area contributed by atoms with Gasteiger partial charge in [0, 0.05) is 24.5 Å². The number of anilines is 1. The molecule has 0 aliphatic carbocycles. The third-order valence-electron chi connectivity index (χ3n) is 4.63. The number of nitrogens with one attached hydrogen (secondary N) is 1. The fourth-order valence-electron chi connectivity index (χ4n) is 3.13. The molecule has 5 nitrogen and oxygen atoms in total. The minimum absolute atomic E-state index is 0.0412. The summed E-state index contributed by atoms with van der Waals surface area (Å²) in [6.07, 6.45) is 0.0412. The van der Waals surface area contributed by atoms with E-state index in [1.54, 1.807) is 19.2 Å². The Morgan fingerprint density at radius 3 is 2.62 bits per heavy atom. The van der Waals surface area contributed by atoms with Crippen LogP contribution in [0, 0.1) is 5.82 Å². The Balaban J connectivity index is 1.47.